The molecule has 1 saturated carbocycles. The van der Waals surface area contributed by atoms with Crippen LogP contribution in [0.5, 0.6) is 5.88 Å². The molecule has 0 amide bonds. The topological polar surface area (TPSA) is 59.4 Å². The molecule has 0 bridgehead atoms. The summed E-state index contributed by atoms with van der Waals surface area (Å²) in [4.78, 5) is 15.8. The van der Waals surface area contributed by atoms with E-state index in [1.165, 1.54) is 12.8 Å². The van der Waals surface area contributed by atoms with Crippen LogP contribution in [0, 0.1) is 12.8 Å². The molecule has 4 nitrogen and oxygen atoms in total. The number of carboxylic acid groups (broad SMARTS) is 1. The molecule has 0 spiro atoms. The molecule has 108 valence electrons. The number of carboxylic acids is 1. The van der Waals surface area contributed by atoms with E-state index in [1.54, 1.807) is 18.2 Å². The largest absolute Gasteiger partial charge is 0.478 e. The van der Waals surface area contributed by atoms with Crippen LogP contribution in [-0.4, -0.2) is 22.7 Å². The van der Waals surface area contributed by atoms with Gasteiger partial charge in [-0.3, -0.25) is 0 Å². The average Bonchev–Trinajstić information content (AvgIpc) is 3.30. The Kier molecular flexibility index (Phi) is 3.60. The summed E-state index contributed by atoms with van der Waals surface area (Å²) in [6.45, 7) is 2.64. The lowest BCUT2D eigenvalue weighted by atomic mass is 10.0. The van der Waals surface area contributed by atoms with E-state index in [4.69, 9.17) is 4.74 Å². The molecule has 4 heteroatoms. The van der Waals surface area contributed by atoms with E-state index < -0.39 is 5.97 Å². The highest BCUT2D eigenvalue weighted by atomic mass is 16.5. The highest BCUT2D eigenvalue weighted by Gasteiger charge is 2.22. The van der Waals surface area contributed by atoms with Crippen molar-refractivity contribution in [3.05, 3.63) is 47.5 Å². The number of pyridine rings is 1. The van der Waals surface area contributed by atoms with Crippen molar-refractivity contribution in [2.24, 2.45) is 5.92 Å². The molecule has 21 heavy (non-hydrogen) atoms. The van der Waals surface area contributed by atoms with E-state index in [0.717, 1.165) is 5.56 Å². The van der Waals surface area contributed by atoms with Crippen molar-refractivity contribution < 1.29 is 14.6 Å². The molecule has 3 rings (SSSR count). The lowest BCUT2D eigenvalue weighted by Gasteiger charge is -2.11. The van der Waals surface area contributed by atoms with Crippen molar-refractivity contribution in [3.8, 4) is 17.1 Å². The van der Waals surface area contributed by atoms with Gasteiger partial charge >= 0.3 is 5.97 Å². The maximum absolute atomic E-state index is 11.3. The molecule has 2 aromatic rings. The summed E-state index contributed by atoms with van der Waals surface area (Å²) >= 11 is 0. The van der Waals surface area contributed by atoms with Gasteiger partial charge < -0.3 is 9.84 Å². The van der Waals surface area contributed by atoms with E-state index in [-0.39, 0.29) is 5.56 Å². The number of carbonyl (C=O) groups is 1. The van der Waals surface area contributed by atoms with Crippen molar-refractivity contribution >= 4 is 5.97 Å². The molecular formula is C17H17NO3. The molecule has 1 aromatic heterocycles. The van der Waals surface area contributed by atoms with Gasteiger partial charge in [0.1, 0.15) is 0 Å². The van der Waals surface area contributed by atoms with Gasteiger partial charge in [0.25, 0.3) is 0 Å². The highest BCUT2D eigenvalue weighted by molar-refractivity contribution is 5.95. The average molecular weight is 283 g/mol. The van der Waals surface area contributed by atoms with Crippen molar-refractivity contribution in [1.29, 1.82) is 0 Å². The van der Waals surface area contributed by atoms with Crippen LogP contribution >= 0.6 is 0 Å². The summed E-state index contributed by atoms with van der Waals surface area (Å²) in [5, 5.41) is 9.28. The zero-order valence-corrected chi connectivity index (χ0v) is 11.9. The SMILES string of the molecule is Cc1ccc(-c2ccccc2C(=O)O)nc1OCC1CC1. The van der Waals surface area contributed by atoms with Gasteiger partial charge in [-0.1, -0.05) is 24.3 Å². The fraction of sp³-hybridized carbons (Fsp3) is 0.294. The number of aromatic carboxylic acids is 1. The Labute approximate surface area is 123 Å². The van der Waals surface area contributed by atoms with Crippen LogP contribution in [-0.2, 0) is 0 Å². The van der Waals surface area contributed by atoms with Crippen LogP contribution in [0.1, 0.15) is 28.8 Å². The first kappa shape index (κ1) is 13.6. The van der Waals surface area contributed by atoms with Crippen molar-refractivity contribution in [2.45, 2.75) is 19.8 Å². The second-order valence-corrected chi connectivity index (χ2v) is 5.42. The number of aromatic nitrogens is 1. The first-order chi connectivity index (χ1) is 10.1. The maximum atomic E-state index is 11.3. The fourth-order valence-corrected chi connectivity index (χ4v) is 2.18. The Morgan fingerprint density at radius 1 is 1.29 bits per heavy atom. The van der Waals surface area contributed by atoms with Gasteiger partial charge in [0.05, 0.1) is 17.9 Å². The van der Waals surface area contributed by atoms with Crippen molar-refractivity contribution in [1.82, 2.24) is 4.98 Å². The van der Waals surface area contributed by atoms with E-state index in [1.807, 2.05) is 25.1 Å². The third-order valence-corrected chi connectivity index (χ3v) is 3.64. The summed E-state index contributed by atoms with van der Waals surface area (Å²) in [6, 6.07) is 10.6. The Bertz CT molecular complexity index is 677. The lowest BCUT2D eigenvalue weighted by molar-refractivity contribution is 0.0697. The number of rotatable bonds is 5. The monoisotopic (exact) mass is 283 g/mol. The summed E-state index contributed by atoms with van der Waals surface area (Å²) < 4.78 is 5.76. The third-order valence-electron chi connectivity index (χ3n) is 3.64. The van der Waals surface area contributed by atoms with Crippen LogP contribution in [0.15, 0.2) is 36.4 Å². The number of ether oxygens (including phenoxy) is 1. The predicted molar refractivity (Wildman–Crippen MR) is 79.6 cm³/mol. The van der Waals surface area contributed by atoms with Crippen LogP contribution < -0.4 is 4.74 Å². The summed E-state index contributed by atoms with van der Waals surface area (Å²) in [5.41, 5.74) is 2.46. The summed E-state index contributed by atoms with van der Waals surface area (Å²) in [5.74, 6) is 0.300. The van der Waals surface area contributed by atoms with Gasteiger partial charge in [-0.05, 0) is 37.8 Å². The first-order valence-electron chi connectivity index (χ1n) is 7.08. The molecule has 0 atom stereocenters. The number of nitrogens with zero attached hydrogens (tertiary/aromatic N) is 1. The van der Waals surface area contributed by atoms with Gasteiger partial charge in [-0.2, -0.15) is 0 Å². The van der Waals surface area contributed by atoms with E-state index >= 15 is 0 Å². The van der Waals surface area contributed by atoms with Gasteiger partial charge in [-0.25, -0.2) is 9.78 Å². The summed E-state index contributed by atoms with van der Waals surface area (Å²) in [6.07, 6.45) is 2.45. The Hall–Kier alpha value is -2.36. The minimum Gasteiger partial charge on any atom is -0.478 e. The Morgan fingerprint density at radius 2 is 2.05 bits per heavy atom. The smallest absolute Gasteiger partial charge is 0.336 e. The Balaban J connectivity index is 1.94. The number of aryl methyl sites for hydroxylation is 1. The molecule has 1 N–H and O–H groups in total. The van der Waals surface area contributed by atoms with Gasteiger partial charge in [-0.15, -0.1) is 0 Å². The van der Waals surface area contributed by atoms with E-state index in [0.29, 0.717) is 29.7 Å². The van der Waals surface area contributed by atoms with Crippen LogP contribution in [0.4, 0.5) is 0 Å². The van der Waals surface area contributed by atoms with E-state index in [9.17, 15) is 9.90 Å². The van der Waals surface area contributed by atoms with Crippen molar-refractivity contribution in [3.63, 3.8) is 0 Å². The van der Waals surface area contributed by atoms with Crippen molar-refractivity contribution in [2.75, 3.05) is 6.61 Å². The molecule has 1 heterocycles. The summed E-state index contributed by atoms with van der Waals surface area (Å²) in [7, 11) is 0. The van der Waals surface area contributed by atoms with Crippen LogP contribution in [0.25, 0.3) is 11.3 Å². The predicted octanol–water partition coefficient (Wildman–Crippen LogP) is 3.54. The Morgan fingerprint density at radius 3 is 2.76 bits per heavy atom. The normalized spacial score (nSPS) is 14.0. The van der Waals surface area contributed by atoms with Gasteiger partial charge in [0.15, 0.2) is 0 Å². The number of hydrogen-bond acceptors (Lipinski definition) is 3. The maximum Gasteiger partial charge on any atom is 0.336 e. The number of benzene rings is 1. The molecule has 0 saturated heterocycles. The highest BCUT2D eigenvalue weighted by Crippen LogP contribution is 2.31. The first-order valence-corrected chi connectivity index (χ1v) is 7.08. The lowest BCUT2D eigenvalue weighted by Crippen LogP contribution is -2.04. The molecule has 0 radical (unpaired) electrons. The molecule has 0 unspecified atom stereocenters. The molecule has 1 aromatic carbocycles. The standard InChI is InChI=1S/C17H17NO3/c1-11-6-9-15(18-16(11)21-10-12-7-8-12)13-4-2-3-5-14(13)17(19)20/h2-6,9,12H,7-8,10H2,1H3,(H,19,20). The third kappa shape index (κ3) is 3.05. The molecule has 1 fully saturated rings. The second kappa shape index (κ2) is 5.56. The fourth-order valence-electron chi connectivity index (χ4n) is 2.18. The molecule has 1 aliphatic rings. The van der Waals surface area contributed by atoms with Crippen LogP contribution in [0.3, 0.4) is 0 Å². The zero-order valence-electron chi connectivity index (χ0n) is 11.9. The number of hydrogen-bond donors (Lipinski definition) is 1. The molecule has 0 aliphatic heterocycles. The van der Waals surface area contributed by atoms with Gasteiger partial charge in [0, 0.05) is 11.1 Å². The zero-order chi connectivity index (χ0) is 14.8. The van der Waals surface area contributed by atoms with Crippen LogP contribution in [0.2, 0.25) is 0 Å². The quantitative estimate of drug-likeness (QED) is 0.911. The van der Waals surface area contributed by atoms with E-state index in [2.05, 4.69) is 4.98 Å². The second-order valence-electron chi connectivity index (χ2n) is 5.42. The molecular weight excluding hydrogens is 266 g/mol. The van der Waals surface area contributed by atoms with Gasteiger partial charge in [0.2, 0.25) is 5.88 Å². The molecule has 1 aliphatic carbocycles. The minimum atomic E-state index is -0.951. The minimum absolute atomic E-state index is 0.252.